The normalized spacial score (nSPS) is 19.9. The van der Waals surface area contributed by atoms with Crippen molar-refractivity contribution in [3.8, 4) is 0 Å². The topological polar surface area (TPSA) is 45.1 Å². The molecule has 1 aliphatic carbocycles. The average molecular weight is 268 g/mol. The molecule has 0 unspecified atom stereocenters. The molecule has 102 valence electrons. The lowest BCUT2D eigenvalue weighted by molar-refractivity contribution is 0.0734. The van der Waals surface area contributed by atoms with E-state index >= 15 is 0 Å². The van der Waals surface area contributed by atoms with Crippen LogP contribution in [-0.4, -0.2) is 23.2 Å². The number of aliphatic hydroxyl groups is 1. The van der Waals surface area contributed by atoms with Crippen LogP contribution in [0.15, 0.2) is 11.6 Å². The predicted molar refractivity (Wildman–Crippen MR) is 75.7 cm³/mol. The zero-order valence-electron chi connectivity index (χ0n) is 11.4. The largest absolute Gasteiger partial charge is 0.396 e. The predicted octanol–water partition coefficient (Wildman–Crippen LogP) is 2.91. The minimum Gasteiger partial charge on any atom is -0.396 e. The lowest BCUT2D eigenvalue weighted by Crippen LogP contribution is -2.46. The Labute approximate surface area is 114 Å². The van der Waals surface area contributed by atoms with E-state index in [1.807, 2.05) is 11.6 Å². The van der Waals surface area contributed by atoms with Crippen LogP contribution in [0, 0.1) is 5.41 Å². The van der Waals surface area contributed by atoms with Gasteiger partial charge in [0.1, 0.15) is 5.01 Å². The quantitative estimate of drug-likeness (QED) is 0.863. The summed E-state index contributed by atoms with van der Waals surface area (Å²) >= 11 is 1.69. The first-order valence-corrected chi connectivity index (χ1v) is 7.72. The molecule has 4 heteroatoms. The Morgan fingerprint density at radius 2 is 2.11 bits per heavy atom. The highest BCUT2D eigenvalue weighted by molar-refractivity contribution is 7.09. The molecule has 0 saturated heterocycles. The first-order valence-electron chi connectivity index (χ1n) is 6.84. The van der Waals surface area contributed by atoms with Gasteiger partial charge in [-0.15, -0.1) is 11.3 Å². The van der Waals surface area contributed by atoms with E-state index in [9.17, 15) is 5.11 Å². The third kappa shape index (κ3) is 3.11. The summed E-state index contributed by atoms with van der Waals surface area (Å²) < 4.78 is 0. The summed E-state index contributed by atoms with van der Waals surface area (Å²) in [4.78, 5) is 4.39. The second-order valence-electron chi connectivity index (χ2n) is 6.03. The van der Waals surface area contributed by atoms with Crippen molar-refractivity contribution in [2.75, 3.05) is 13.2 Å². The molecule has 0 atom stereocenters. The summed E-state index contributed by atoms with van der Waals surface area (Å²) in [6, 6.07) is 0. The van der Waals surface area contributed by atoms with E-state index in [0.717, 1.165) is 24.4 Å². The molecule has 0 aromatic carbocycles. The van der Waals surface area contributed by atoms with E-state index in [1.54, 1.807) is 11.3 Å². The fourth-order valence-electron chi connectivity index (χ4n) is 2.71. The molecular weight excluding hydrogens is 244 g/mol. The van der Waals surface area contributed by atoms with Gasteiger partial charge in [0.05, 0.1) is 5.54 Å². The SMILES string of the molecule is CC(C)(NCC1(CO)CCCCC1)c1nccs1. The summed E-state index contributed by atoms with van der Waals surface area (Å²) in [5, 5.41) is 16.5. The number of nitrogens with zero attached hydrogens (tertiary/aromatic N) is 1. The number of nitrogens with one attached hydrogen (secondary N) is 1. The van der Waals surface area contributed by atoms with Crippen LogP contribution >= 0.6 is 11.3 Å². The number of thiazole rings is 1. The zero-order valence-corrected chi connectivity index (χ0v) is 12.2. The Morgan fingerprint density at radius 1 is 1.39 bits per heavy atom. The minimum atomic E-state index is -0.103. The van der Waals surface area contributed by atoms with Crippen molar-refractivity contribution in [2.24, 2.45) is 5.41 Å². The van der Waals surface area contributed by atoms with Crippen LogP contribution in [-0.2, 0) is 5.54 Å². The fourth-order valence-corrected chi connectivity index (χ4v) is 3.45. The van der Waals surface area contributed by atoms with Crippen molar-refractivity contribution < 1.29 is 5.11 Å². The minimum absolute atomic E-state index is 0.0901. The number of aliphatic hydroxyl groups excluding tert-OH is 1. The average Bonchev–Trinajstić information content (AvgIpc) is 2.92. The lowest BCUT2D eigenvalue weighted by Gasteiger charge is -2.38. The van der Waals surface area contributed by atoms with Gasteiger partial charge in [0.2, 0.25) is 0 Å². The van der Waals surface area contributed by atoms with Crippen molar-refractivity contribution in [3.63, 3.8) is 0 Å². The Bertz CT molecular complexity index is 356. The summed E-state index contributed by atoms with van der Waals surface area (Å²) in [5.41, 5.74) is -0.0133. The molecule has 2 N–H and O–H groups in total. The highest BCUT2D eigenvalue weighted by Gasteiger charge is 2.34. The molecule has 1 aromatic heterocycles. The first-order chi connectivity index (χ1) is 8.58. The van der Waals surface area contributed by atoms with Crippen molar-refractivity contribution in [1.82, 2.24) is 10.3 Å². The van der Waals surface area contributed by atoms with Crippen molar-refractivity contribution in [3.05, 3.63) is 16.6 Å². The van der Waals surface area contributed by atoms with E-state index in [0.29, 0.717) is 6.61 Å². The van der Waals surface area contributed by atoms with Crippen LogP contribution in [0.2, 0.25) is 0 Å². The zero-order chi connectivity index (χ0) is 13.1. The number of hydrogen-bond donors (Lipinski definition) is 2. The number of aromatic nitrogens is 1. The molecule has 0 bridgehead atoms. The van der Waals surface area contributed by atoms with Crippen LogP contribution in [0.25, 0.3) is 0 Å². The van der Waals surface area contributed by atoms with Crippen LogP contribution in [0.3, 0.4) is 0 Å². The number of hydrogen-bond acceptors (Lipinski definition) is 4. The van der Waals surface area contributed by atoms with Gasteiger partial charge in [0.25, 0.3) is 0 Å². The van der Waals surface area contributed by atoms with Gasteiger partial charge in [-0.3, -0.25) is 0 Å². The smallest absolute Gasteiger partial charge is 0.112 e. The van der Waals surface area contributed by atoms with Crippen molar-refractivity contribution >= 4 is 11.3 Å². The highest BCUT2D eigenvalue weighted by Crippen LogP contribution is 2.36. The summed E-state index contributed by atoms with van der Waals surface area (Å²) in [5.74, 6) is 0. The van der Waals surface area contributed by atoms with E-state index < -0.39 is 0 Å². The Hall–Kier alpha value is -0.450. The van der Waals surface area contributed by atoms with Gasteiger partial charge >= 0.3 is 0 Å². The van der Waals surface area contributed by atoms with Gasteiger partial charge in [0, 0.05) is 30.1 Å². The maximum Gasteiger partial charge on any atom is 0.112 e. The molecule has 0 aliphatic heterocycles. The van der Waals surface area contributed by atoms with Gasteiger partial charge in [-0.1, -0.05) is 19.3 Å². The fraction of sp³-hybridized carbons (Fsp3) is 0.786. The summed E-state index contributed by atoms with van der Waals surface area (Å²) in [6.45, 7) is 5.52. The second kappa shape index (κ2) is 5.68. The molecule has 0 radical (unpaired) electrons. The third-order valence-electron chi connectivity index (χ3n) is 4.12. The Balaban J connectivity index is 1.97. The summed E-state index contributed by atoms with van der Waals surface area (Å²) in [6.07, 6.45) is 7.96. The van der Waals surface area contributed by atoms with Gasteiger partial charge in [0.15, 0.2) is 0 Å². The molecule has 18 heavy (non-hydrogen) atoms. The Kier molecular flexibility index (Phi) is 4.41. The van der Waals surface area contributed by atoms with Crippen molar-refractivity contribution in [2.45, 2.75) is 51.5 Å². The van der Waals surface area contributed by atoms with E-state index in [-0.39, 0.29) is 11.0 Å². The maximum absolute atomic E-state index is 9.72. The molecule has 0 spiro atoms. The van der Waals surface area contributed by atoms with Gasteiger partial charge in [-0.25, -0.2) is 4.98 Å². The van der Waals surface area contributed by atoms with E-state index in [2.05, 4.69) is 24.1 Å². The molecule has 1 aliphatic rings. The van der Waals surface area contributed by atoms with Gasteiger partial charge < -0.3 is 10.4 Å². The number of rotatable bonds is 5. The lowest BCUT2D eigenvalue weighted by atomic mass is 9.74. The van der Waals surface area contributed by atoms with E-state index in [4.69, 9.17) is 0 Å². The molecule has 1 aromatic rings. The Morgan fingerprint density at radius 3 is 2.67 bits per heavy atom. The molecule has 2 rings (SSSR count). The maximum atomic E-state index is 9.72. The van der Waals surface area contributed by atoms with Crippen LogP contribution in [0.1, 0.15) is 51.0 Å². The second-order valence-corrected chi connectivity index (χ2v) is 6.93. The molecule has 1 heterocycles. The monoisotopic (exact) mass is 268 g/mol. The molecule has 0 amide bonds. The summed E-state index contributed by atoms with van der Waals surface area (Å²) in [7, 11) is 0. The third-order valence-corrected chi connectivity index (χ3v) is 5.22. The molecule has 3 nitrogen and oxygen atoms in total. The van der Waals surface area contributed by atoms with Crippen LogP contribution in [0.4, 0.5) is 0 Å². The molecule has 1 saturated carbocycles. The van der Waals surface area contributed by atoms with Gasteiger partial charge in [-0.05, 0) is 26.7 Å². The standard InChI is InChI=1S/C14H24N2OS/c1-13(2,12-15-8-9-18-12)16-10-14(11-17)6-4-3-5-7-14/h8-9,16-17H,3-7,10-11H2,1-2H3. The molecular formula is C14H24N2OS. The molecule has 1 fully saturated rings. The highest BCUT2D eigenvalue weighted by atomic mass is 32.1. The van der Waals surface area contributed by atoms with Crippen molar-refractivity contribution in [1.29, 1.82) is 0 Å². The van der Waals surface area contributed by atoms with Crippen LogP contribution in [0.5, 0.6) is 0 Å². The van der Waals surface area contributed by atoms with E-state index in [1.165, 1.54) is 19.3 Å². The van der Waals surface area contributed by atoms with Crippen LogP contribution < -0.4 is 5.32 Å². The van der Waals surface area contributed by atoms with Gasteiger partial charge in [-0.2, -0.15) is 0 Å². The first kappa shape index (κ1) is 14.0.